The average Bonchev–Trinajstić information content (AvgIpc) is 3.47. The fraction of sp³-hybridized carbons (Fsp3) is 0.0870. The molecule has 164 valence electrons. The smallest absolute Gasteiger partial charge is 0.339 e. The maximum atomic E-state index is 13.1. The van der Waals surface area contributed by atoms with E-state index in [4.69, 9.17) is 13.0 Å². The monoisotopic (exact) mass is 455 g/mol. The molecule has 0 fully saturated rings. The summed E-state index contributed by atoms with van der Waals surface area (Å²) in [6.07, 6.45) is 2.92. The molecule has 0 atom stereocenters. The van der Waals surface area contributed by atoms with Gasteiger partial charge in [0.25, 0.3) is 5.91 Å². The molecule has 0 bridgehead atoms. The minimum Gasteiger partial charge on any atom is -0.467 e. The van der Waals surface area contributed by atoms with E-state index in [0.29, 0.717) is 11.3 Å². The van der Waals surface area contributed by atoms with Crippen molar-refractivity contribution in [1.82, 2.24) is 4.90 Å². The third-order valence-electron chi connectivity index (χ3n) is 4.53. The van der Waals surface area contributed by atoms with E-state index in [1.807, 2.05) is 0 Å². The molecule has 0 spiro atoms. The van der Waals surface area contributed by atoms with Gasteiger partial charge in [-0.15, -0.1) is 0 Å². The highest BCUT2D eigenvalue weighted by Crippen LogP contribution is 2.22. The number of furan rings is 2. The van der Waals surface area contributed by atoms with Crippen LogP contribution in [0.1, 0.15) is 21.9 Å². The second-order valence-corrected chi connectivity index (χ2v) is 8.40. The number of amides is 1. The van der Waals surface area contributed by atoms with Gasteiger partial charge in [0.2, 0.25) is 0 Å². The van der Waals surface area contributed by atoms with Gasteiger partial charge in [0, 0.05) is 6.54 Å². The minimum atomic E-state index is -4.15. The summed E-state index contributed by atoms with van der Waals surface area (Å²) in [4.78, 5) is 14.2. The standard InChI is InChI=1S/C23H18FNO6S/c24-18-8-10-21(11-9-18)32(27,28)31-19-5-1-4-17(14-19)15-25(16-20-6-2-12-29-20)23(26)22-7-3-13-30-22/h1-14H,15-16H2. The number of hydrogen-bond donors (Lipinski definition) is 0. The van der Waals surface area contributed by atoms with Gasteiger partial charge < -0.3 is 17.9 Å². The molecule has 9 heteroatoms. The lowest BCUT2D eigenvalue weighted by molar-refractivity contribution is 0.0685. The van der Waals surface area contributed by atoms with Crippen LogP contribution in [0.5, 0.6) is 5.75 Å². The third-order valence-corrected chi connectivity index (χ3v) is 5.79. The SMILES string of the molecule is O=C(c1ccco1)N(Cc1cccc(OS(=O)(=O)c2ccc(F)cc2)c1)Cc1ccco1. The van der Waals surface area contributed by atoms with E-state index in [0.717, 1.165) is 24.3 Å². The second-order valence-electron chi connectivity index (χ2n) is 6.86. The molecule has 1 amide bonds. The molecule has 0 unspecified atom stereocenters. The zero-order valence-corrected chi connectivity index (χ0v) is 17.5. The molecule has 32 heavy (non-hydrogen) atoms. The van der Waals surface area contributed by atoms with E-state index in [-0.39, 0.29) is 35.4 Å². The van der Waals surface area contributed by atoms with Gasteiger partial charge in [-0.05, 0) is 66.2 Å². The van der Waals surface area contributed by atoms with Gasteiger partial charge in [-0.3, -0.25) is 4.79 Å². The summed E-state index contributed by atoms with van der Waals surface area (Å²) in [5.74, 6) is -0.0882. The van der Waals surface area contributed by atoms with Crippen LogP contribution in [0, 0.1) is 5.82 Å². The van der Waals surface area contributed by atoms with Gasteiger partial charge in [0.05, 0.1) is 19.1 Å². The molecule has 2 heterocycles. The number of benzene rings is 2. The normalized spacial score (nSPS) is 11.3. The molecule has 0 saturated carbocycles. The fourth-order valence-electron chi connectivity index (χ4n) is 3.04. The van der Waals surface area contributed by atoms with E-state index in [1.54, 1.807) is 36.4 Å². The van der Waals surface area contributed by atoms with Crippen LogP contribution < -0.4 is 4.18 Å². The molecule has 0 aliphatic carbocycles. The molecule has 0 aliphatic heterocycles. The molecule has 4 aromatic rings. The number of halogens is 1. The number of carbonyl (C=O) groups excluding carboxylic acids is 1. The van der Waals surface area contributed by atoms with Crippen LogP contribution in [0.15, 0.2) is 99.1 Å². The Labute approximate surface area is 183 Å². The molecule has 0 aliphatic rings. The van der Waals surface area contributed by atoms with E-state index in [2.05, 4.69) is 0 Å². The molecule has 0 N–H and O–H groups in total. The van der Waals surface area contributed by atoms with Crippen molar-refractivity contribution in [2.24, 2.45) is 0 Å². The van der Waals surface area contributed by atoms with Crippen molar-refractivity contribution in [2.45, 2.75) is 18.0 Å². The van der Waals surface area contributed by atoms with E-state index >= 15 is 0 Å². The van der Waals surface area contributed by atoms with Crippen LogP contribution in [-0.4, -0.2) is 19.2 Å². The first-order valence-electron chi connectivity index (χ1n) is 9.55. The van der Waals surface area contributed by atoms with Crippen LogP contribution in [0.2, 0.25) is 0 Å². The van der Waals surface area contributed by atoms with Crippen molar-refractivity contribution >= 4 is 16.0 Å². The molecule has 2 aromatic heterocycles. The minimum absolute atomic E-state index is 0.0650. The number of carbonyl (C=O) groups is 1. The highest BCUT2D eigenvalue weighted by atomic mass is 32.2. The van der Waals surface area contributed by atoms with Crippen molar-refractivity contribution < 1.29 is 30.6 Å². The van der Waals surface area contributed by atoms with Crippen molar-refractivity contribution in [3.05, 3.63) is 108 Å². The summed E-state index contributed by atoms with van der Waals surface area (Å²) in [6, 6.07) is 17.3. The van der Waals surface area contributed by atoms with E-state index in [9.17, 15) is 17.6 Å². The zero-order valence-electron chi connectivity index (χ0n) is 16.7. The van der Waals surface area contributed by atoms with Crippen LogP contribution in [0.4, 0.5) is 4.39 Å². The van der Waals surface area contributed by atoms with Crippen molar-refractivity contribution in [1.29, 1.82) is 0 Å². The summed E-state index contributed by atoms with van der Waals surface area (Å²) >= 11 is 0. The van der Waals surface area contributed by atoms with Gasteiger partial charge in [-0.25, -0.2) is 4.39 Å². The zero-order chi connectivity index (χ0) is 22.6. The molecule has 0 radical (unpaired) electrons. The van der Waals surface area contributed by atoms with E-state index in [1.165, 1.54) is 29.6 Å². The molecule has 2 aromatic carbocycles. The Hall–Kier alpha value is -3.85. The predicted octanol–water partition coefficient (Wildman–Crippen LogP) is 4.62. The fourth-order valence-corrected chi connectivity index (χ4v) is 3.96. The molecular formula is C23H18FNO6S. The molecule has 0 saturated heterocycles. The van der Waals surface area contributed by atoms with Crippen molar-refractivity contribution in [3.8, 4) is 5.75 Å². The van der Waals surface area contributed by atoms with Gasteiger partial charge in [0.1, 0.15) is 22.2 Å². The van der Waals surface area contributed by atoms with Crippen molar-refractivity contribution in [3.63, 3.8) is 0 Å². The number of nitrogens with zero attached hydrogens (tertiary/aromatic N) is 1. The van der Waals surface area contributed by atoms with Gasteiger partial charge in [0.15, 0.2) is 5.76 Å². The Morgan fingerprint density at radius 2 is 1.66 bits per heavy atom. The first-order chi connectivity index (χ1) is 15.4. The summed E-state index contributed by atoms with van der Waals surface area (Å²) < 4.78 is 53.9. The maximum absolute atomic E-state index is 13.1. The summed E-state index contributed by atoms with van der Waals surface area (Å²) in [5.41, 5.74) is 0.628. The Morgan fingerprint density at radius 3 is 2.34 bits per heavy atom. The van der Waals surface area contributed by atoms with Gasteiger partial charge in [-0.1, -0.05) is 12.1 Å². The van der Waals surface area contributed by atoms with Crippen LogP contribution in [-0.2, 0) is 23.2 Å². The van der Waals surface area contributed by atoms with Crippen LogP contribution in [0.3, 0.4) is 0 Å². The largest absolute Gasteiger partial charge is 0.467 e. The Bertz CT molecular complexity index is 1280. The highest BCUT2D eigenvalue weighted by Gasteiger charge is 2.21. The summed E-state index contributed by atoms with van der Waals surface area (Å²) in [5, 5.41) is 0. The molecule has 4 rings (SSSR count). The van der Waals surface area contributed by atoms with Crippen LogP contribution in [0.25, 0.3) is 0 Å². The lowest BCUT2D eigenvalue weighted by Gasteiger charge is -2.21. The highest BCUT2D eigenvalue weighted by molar-refractivity contribution is 7.87. The maximum Gasteiger partial charge on any atom is 0.339 e. The lowest BCUT2D eigenvalue weighted by atomic mass is 10.2. The second kappa shape index (κ2) is 9.11. The average molecular weight is 455 g/mol. The van der Waals surface area contributed by atoms with Gasteiger partial charge in [-0.2, -0.15) is 8.42 Å². The topological polar surface area (TPSA) is 90.0 Å². The Balaban J connectivity index is 1.55. The number of hydrogen-bond acceptors (Lipinski definition) is 6. The summed E-state index contributed by atoms with van der Waals surface area (Å²) in [6.45, 7) is 0.333. The first kappa shape index (κ1) is 21.4. The Morgan fingerprint density at radius 1 is 0.906 bits per heavy atom. The lowest BCUT2D eigenvalue weighted by Crippen LogP contribution is -2.29. The quantitative estimate of drug-likeness (QED) is 0.360. The molecule has 7 nitrogen and oxygen atoms in total. The predicted molar refractivity (Wildman–Crippen MR) is 112 cm³/mol. The third kappa shape index (κ3) is 5.06. The first-order valence-corrected chi connectivity index (χ1v) is 11.0. The van der Waals surface area contributed by atoms with Crippen LogP contribution >= 0.6 is 0 Å². The van der Waals surface area contributed by atoms with Crippen molar-refractivity contribution in [2.75, 3.05) is 0 Å². The van der Waals surface area contributed by atoms with E-state index < -0.39 is 15.9 Å². The molecular weight excluding hydrogens is 437 g/mol. The number of rotatable bonds is 8. The van der Waals surface area contributed by atoms with Gasteiger partial charge >= 0.3 is 10.1 Å². The Kier molecular flexibility index (Phi) is 6.09. The summed E-state index contributed by atoms with van der Waals surface area (Å²) in [7, 11) is -4.15.